The van der Waals surface area contributed by atoms with Crippen molar-refractivity contribution in [3.8, 4) is 22.9 Å². The zero-order valence-electron chi connectivity index (χ0n) is 32.0. The van der Waals surface area contributed by atoms with Gasteiger partial charge in [0.05, 0.1) is 42.2 Å². The Balaban J connectivity index is 1.10. The molecular weight excluding hydrogens is 705 g/mol. The highest BCUT2D eigenvalue weighted by Gasteiger charge is 2.56. The minimum Gasteiger partial charge on any atom is -0.434 e. The number of nitrogens with one attached hydrogen (secondary N) is 1. The lowest BCUT2D eigenvalue weighted by molar-refractivity contribution is -0.128. The highest BCUT2D eigenvalue weighted by Crippen LogP contribution is 2.52. The van der Waals surface area contributed by atoms with Crippen molar-refractivity contribution in [2.45, 2.75) is 95.1 Å². The molecule has 3 saturated heterocycles. The number of hydrogen-bond acceptors (Lipinski definition) is 8. The molecule has 5 aliphatic rings. The van der Waals surface area contributed by atoms with Crippen LogP contribution in [0.3, 0.4) is 0 Å². The summed E-state index contributed by atoms with van der Waals surface area (Å²) in [5.74, 6) is -0.749. The number of anilines is 1. The van der Waals surface area contributed by atoms with Gasteiger partial charge in [-0.3, -0.25) is 19.4 Å². The van der Waals surface area contributed by atoms with Gasteiger partial charge < -0.3 is 24.3 Å². The number of carbonyl (C=O) groups is 2. The number of amides is 2. The molecule has 0 unspecified atom stereocenters. The van der Waals surface area contributed by atoms with Crippen molar-refractivity contribution in [2.24, 2.45) is 0 Å². The first-order chi connectivity index (χ1) is 26.5. The largest absolute Gasteiger partial charge is 0.434 e. The van der Waals surface area contributed by atoms with Gasteiger partial charge in [-0.15, -0.1) is 0 Å². The summed E-state index contributed by atoms with van der Waals surface area (Å²) in [6.07, 6.45) is 5.55. The van der Waals surface area contributed by atoms with Crippen molar-refractivity contribution >= 4 is 28.5 Å². The van der Waals surface area contributed by atoms with E-state index in [2.05, 4.69) is 32.1 Å². The lowest BCUT2D eigenvalue weighted by Crippen LogP contribution is -2.60. The summed E-state index contributed by atoms with van der Waals surface area (Å²) < 4.78 is 43.6. The van der Waals surface area contributed by atoms with Gasteiger partial charge in [-0.25, -0.2) is 18.7 Å². The van der Waals surface area contributed by atoms with E-state index in [0.717, 1.165) is 81.8 Å². The van der Waals surface area contributed by atoms with Gasteiger partial charge in [-0.05, 0) is 114 Å². The number of benzene rings is 2. The molecule has 1 aliphatic carbocycles. The van der Waals surface area contributed by atoms with Crippen molar-refractivity contribution in [2.75, 3.05) is 51.3 Å². The molecule has 6 heterocycles. The van der Waals surface area contributed by atoms with E-state index >= 15 is 4.39 Å². The molecule has 1 saturated carbocycles. The first-order valence-electron chi connectivity index (χ1n) is 19.8. The average molecular weight is 754 g/mol. The molecule has 0 bridgehead atoms. The van der Waals surface area contributed by atoms with Crippen LogP contribution in [0.25, 0.3) is 22.3 Å². The van der Waals surface area contributed by atoms with Crippen LogP contribution in [0.4, 0.5) is 14.5 Å². The zero-order chi connectivity index (χ0) is 38.2. The molecule has 2 aromatic heterocycles. The molecule has 13 heteroatoms. The van der Waals surface area contributed by atoms with Crippen LogP contribution < -0.4 is 15.0 Å². The number of ether oxygens (including phenoxy) is 2. The van der Waals surface area contributed by atoms with Crippen molar-refractivity contribution in [1.82, 2.24) is 29.7 Å². The van der Waals surface area contributed by atoms with Gasteiger partial charge in [0.1, 0.15) is 11.7 Å². The predicted molar refractivity (Wildman–Crippen MR) is 205 cm³/mol. The number of carbonyl (C=O) groups excluding carboxylic acids is 2. The minimum atomic E-state index is -0.787. The summed E-state index contributed by atoms with van der Waals surface area (Å²) in [5, 5.41) is 2.61. The van der Waals surface area contributed by atoms with Gasteiger partial charge in [0.2, 0.25) is 11.8 Å². The van der Waals surface area contributed by atoms with Crippen molar-refractivity contribution in [1.29, 1.82) is 0 Å². The third-order valence-electron chi connectivity index (χ3n) is 12.9. The Morgan fingerprint density at radius 1 is 1.04 bits per heavy atom. The molecule has 0 radical (unpaired) electrons. The van der Waals surface area contributed by atoms with Crippen LogP contribution in [0.2, 0.25) is 0 Å². The molecule has 4 aliphatic heterocycles. The van der Waals surface area contributed by atoms with Gasteiger partial charge in [0.25, 0.3) is 5.91 Å². The van der Waals surface area contributed by atoms with Gasteiger partial charge in [0, 0.05) is 48.5 Å². The number of aryl methyl sites for hydroxylation is 1. The second-order valence-corrected chi connectivity index (χ2v) is 16.4. The van der Waals surface area contributed by atoms with Crippen LogP contribution >= 0.6 is 0 Å². The monoisotopic (exact) mass is 753 g/mol. The first kappa shape index (κ1) is 36.2. The number of pyridine rings is 1. The summed E-state index contributed by atoms with van der Waals surface area (Å²) in [4.78, 5) is 44.0. The molecule has 1 N–H and O–H groups in total. The molecule has 1 atom stereocenters. The number of likely N-dealkylation sites (tertiary alicyclic amines) is 2. The number of piperidine rings is 2. The molecule has 1 spiro atoms. The van der Waals surface area contributed by atoms with E-state index in [0.29, 0.717) is 46.9 Å². The van der Waals surface area contributed by atoms with E-state index in [1.165, 1.54) is 19.2 Å². The van der Waals surface area contributed by atoms with Gasteiger partial charge in [0.15, 0.2) is 11.6 Å². The number of halogens is 2. The Hall–Kier alpha value is -4.46. The Labute approximate surface area is 320 Å². The van der Waals surface area contributed by atoms with Crippen molar-refractivity contribution in [3.05, 3.63) is 65.2 Å². The maximum absolute atomic E-state index is 15.5. The molecule has 55 heavy (non-hydrogen) atoms. The van der Waals surface area contributed by atoms with E-state index < -0.39 is 17.4 Å². The quantitative estimate of drug-likeness (QED) is 0.223. The number of imidazole rings is 1. The second-order valence-electron chi connectivity index (χ2n) is 16.4. The maximum atomic E-state index is 15.5. The van der Waals surface area contributed by atoms with E-state index in [1.54, 1.807) is 13.3 Å². The minimum absolute atomic E-state index is 0.00955. The highest BCUT2D eigenvalue weighted by molar-refractivity contribution is 6.09. The third-order valence-corrected chi connectivity index (χ3v) is 12.9. The average Bonchev–Trinajstić information content (AvgIpc) is 3.66. The fraction of sp³-hybridized carbons (Fsp3) is 0.524. The van der Waals surface area contributed by atoms with Crippen LogP contribution in [0.5, 0.6) is 11.6 Å². The Morgan fingerprint density at radius 3 is 2.51 bits per heavy atom. The summed E-state index contributed by atoms with van der Waals surface area (Å²) >= 11 is 0. The van der Waals surface area contributed by atoms with Gasteiger partial charge in [-0.2, -0.15) is 0 Å². The zero-order valence-corrected chi connectivity index (χ0v) is 32.0. The van der Waals surface area contributed by atoms with Crippen LogP contribution in [0, 0.1) is 12.7 Å². The van der Waals surface area contributed by atoms with E-state index in [1.807, 2.05) is 30.5 Å². The number of alkyl halides is 1. The topological polar surface area (TPSA) is 105 Å². The van der Waals surface area contributed by atoms with Crippen molar-refractivity contribution < 1.29 is 27.8 Å². The molecule has 9 rings (SSSR count). The molecule has 4 aromatic rings. The van der Waals surface area contributed by atoms with Crippen molar-refractivity contribution in [3.63, 3.8) is 0 Å². The summed E-state index contributed by atoms with van der Waals surface area (Å²) in [7, 11) is 1.53. The highest BCUT2D eigenvalue weighted by atomic mass is 19.1. The molecular formula is C42H49F2N7O4. The molecule has 2 amide bonds. The molecule has 290 valence electrons. The van der Waals surface area contributed by atoms with E-state index in [9.17, 15) is 14.0 Å². The number of hydrogen-bond donors (Lipinski definition) is 1. The van der Waals surface area contributed by atoms with Crippen LogP contribution in [0.15, 0.2) is 42.7 Å². The van der Waals surface area contributed by atoms with E-state index in [-0.39, 0.29) is 41.6 Å². The Morgan fingerprint density at radius 2 is 1.82 bits per heavy atom. The number of aromatic nitrogens is 3. The lowest BCUT2D eigenvalue weighted by atomic mass is 9.73. The number of nitrogens with zero attached hydrogens (tertiary/aromatic N) is 6. The second kappa shape index (κ2) is 13.9. The normalized spacial score (nSPS) is 24.3. The summed E-state index contributed by atoms with van der Waals surface area (Å²) in [5.41, 5.74) is 4.73. The fourth-order valence-corrected chi connectivity index (χ4v) is 9.50. The SMILES string of the molecule is CNC(=O)c1cc(Oc2nc(-c3ccc4c(c3)N([C@H]3C[C@@H](N5CCC[C@@H](F)C5)C3)C(=O)C43CCN(C4COC4)CC3)cc3ncn(C(C)C)c23)c(F)cc1C. The predicted octanol–water partition coefficient (Wildman–Crippen LogP) is 6.32. The Bertz CT molecular complexity index is 2150. The number of rotatable bonds is 8. The van der Waals surface area contributed by atoms with E-state index in [4.69, 9.17) is 19.4 Å². The number of fused-ring (bicyclic) bond motifs is 3. The van der Waals surface area contributed by atoms with Crippen LogP contribution in [-0.2, 0) is 14.9 Å². The van der Waals surface area contributed by atoms with Crippen LogP contribution in [-0.4, -0.2) is 107 Å². The summed E-state index contributed by atoms with van der Waals surface area (Å²) in [6.45, 7) is 10.3. The fourth-order valence-electron chi connectivity index (χ4n) is 9.50. The molecule has 11 nitrogen and oxygen atoms in total. The van der Waals surface area contributed by atoms with Gasteiger partial charge in [-0.1, -0.05) is 12.1 Å². The maximum Gasteiger partial charge on any atom is 0.251 e. The summed E-state index contributed by atoms with van der Waals surface area (Å²) in [6, 6.07) is 11.5. The molecule has 4 fully saturated rings. The Kier molecular flexibility index (Phi) is 9.17. The first-order valence-corrected chi connectivity index (χ1v) is 19.8. The smallest absolute Gasteiger partial charge is 0.251 e. The molecule has 2 aromatic carbocycles. The lowest BCUT2D eigenvalue weighted by Gasteiger charge is -2.49. The van der Waals surface area contributed by atoms with Gasteiger partial charge >= 0.3 is 0 Å². The standard InChI is InChI=1S/C42H49F2N7O4/c1-24(2)50-23-46-35-19-34(47-40(38(35)50)55-37-18-31(39(52)45-4)25(3)14-33(37)44)26-7-8-32-36(15-26)51(29-16-28(17-29)49-11-5-6-27(43)20-49)41(53)42(32)9-12-48(13-10-42)30-21-54-22-30/h7-8,14-15,18-19,23-24,27-30H,5-6,9-13,16-17,20-22H2,1-4H3,(H,45,52)/t27-,28-,29+/m1/s1. The third kappa shape index (κ3) is 6.09. The van der Waals surface area contributed by atoms with Crippen LogP contribution in [0.1, 0.15) is 79.9 Å².